The van der Waals surface area contributed by atoms with Crippen LogP contribution in [0.2, 0.25) is 5.02 Å². The molecule has 1 aromatic carbocycles. The van der Waals surface area contributed by atoms with Gasteiger partial charge in [-0.25, -0.2) is 4.39 Å². The van der Waals surface area contributed by atoms with E-state index in [1.54, 1.807) is 0 Å². The summed E-state index contributed by atoms with van der Waals surface area (Å²) >= 11 is 5.91. The van der Waals surface area contributed by atoms with E-state index in [-0.39, 0.29) is 5.82 Å². The number of rotatable bonds is 4. The average Bonchev–Trinajstić information content (AvgIpc) is 2.60. The molecule has 0 aliphatic rings. The van der Waals surface area contributed by atoms with Gasteiger partial charge in [0.25, 0.3) is 0 Å². The van der Waals surface area contributed by atoms with Gasteiger partial charge in [0.05, 0.1) is 11.6 Å². The van der Waals surface area contributed by atoms with Crippen molar-refractivity contribution in [2.75, 3.05) is 6.54 Å². The summed E-state index contributed by atoms with van der Waals surface area (Å²) in [7, 11) is 0. The summed E-state index contributed by atoms with van der Waals surface area (Å²) in [6.45, 7) is 5.82. The third-order valence-corrected chi connectivity index (χ3v) is 2.72. The van der Waals surface area contributed by atoms with Crippen LogP contribution in [0.25, 0.3) is 11.0 Å². The zero-order valence-electron chi connectivity index (χ0n) is 9.89. The van der Waals surface area contributed by atoms with E-state index in [9.17, 15) is 4.39 Å². The quantitative estimate of drug-likeness (QED) is 0.894. The number of hydrogen-bond acceptors (Lipinski definition) is 2. The Kier molecular flexibility index (Phi) is 3.69. The summed E-state index contributed by atoms with van der Waals surface area (Å²) in [5, 5.41) is 4.29. The lowest BCUT2D eigenvalue weighted by molar-refractivity contribution is 0.485. The monoisotopic (exact) mass is 255 g/mol. The van der Waals surface area contributed by atoms with Crippen LogP contribution in [0.1, 0.15) is 19.6 Å². The molecule has 17 heavy (non-hydrogen) atoms. The molecule has 0 saturated heterocycles. The standard InChI is InChI=1S/C13H15ClFNO/c1-8(2)6-16-7-11-4-9-3-10(15)5-12(14)13(9)17-11/h3-5,8,16H,6-7H2,1-2H3. The predicted octanol–water partition coefficient (Wildman–Crippen LogP) is 3.97. The fourth-order valence-corrected chi connectivity index (χ4v) is 1.95. The van der Waals surface area contributed by atoms with Crippen molar-refractivity contribution in [2.24, 2.45) is 5.92 Å². The molecular formula is C13H15ClFNO. The molecule has 1 aromatic heterocycles. The molecule has 0 spiro atoms. The Morgan fingerprint density at radius 1 is 1.35 bits per heavy atom. The predicted molar refractivity (Wildman–Crippen MR) is 67.7 cm³/mol. The van der Waals surface area contributed by atoms with Crippen molar-refractivity contribution in [2.45, 2.75) is 20.4 Å². The number of halogens is 2. The Hall–Kier alpha value is -1.06. The van der Waals surface area contributed by atoms with Crippen LogP contribution >= 0.6 is 11.6 Å². The van der Waals surface area contributed by atoms with Crippen LogP contribution < -0.4 is 5.32 Å². The first-order chi connectivity index (χ1) is 8.06. The summed E-state index contributed by atoms with van der Waals surface area (Å²) in [5.41, 5.74) is 0.550. The molecule has 2 aromatic rings. The maximum absolute atomic E-state index is 13.1. The molecule has 0 atom stereocenters. The Morgan fingerprint density at radius 2 is 2.12 bits per heavy atom. The van der Waals surface area contributed by atoms with Gasteiger partial charge in [-0.3, -0.25) is 0 Å². The highest BCUT2D eigenvalue weighted by molar-refractivity contribution is 6.34. The SMILES string of the molecule is CC(C)CNCc1cc2cc(F)cc(Cl)c2o1. The first-order valence-electron chi connectivity index (χ1n) is 5.64. The van der Waals surface area contributed by atoms with E-state index in [1.807, 2.05) is 6.07 Å². The molecule has 0 aliphatic heterocycles. The number of furan rings is 1. The molecule has 0 bridgehead atoms. The van der Waals surface area contributed by atoms with Crippen molar-refractivity contribution >= 4 is 22.6 Å². The zero-order chi connectivity index (χ0) is 12.4. The minimum atomic E-state index is -0.343. The number of fused-ring (bicyclic) bond motifs is 1. The van der Waals surface area contributed by atoms with Gasteiger partial charge in [0.2, 0.25) is 0 Å². The molecule has 0 aliphatic carbocycles. The summed E-state index contributed by atoms with van der Waals surface area (Å²) < 4.78 is 18.7. The highest BCUT2D eigenvalue weighted by Gasteiger charge is 2.09. The lowest BCUT2D eigenvalue weighted by Crippen LogP contribution is -2.18. The van der Waals surface area contributed by atoms with Gasteiger partial charge in [-0.1, -0.05) is 25.4 Å². The molecule has 0 amide bonds. The lowest BCUT2D eigenvalue weighted by atomic mass is 10.2. The second-order valence-corrected chi connectivity index (χ2v) is 4.95. The van der Waals surface area contributed by atoms with Gasteiger partial charge in [0.15, 0.2) is 5.58 Å². The van der Waals surface area contributed by atoms with Crippen LogP contribution in [0.15, 0.2) is 22.6 Å². The van der Waals surface area contributed by atoms with Crippen molar-refractivity contribution in [3.63, 3.8) is 0 Å². The molecule has 1 heterocycles. The van der Waals surface area contributed by atoms with Crippen LogP contribution in [0.4, 0.5) is 4.39 Å². The highest BCUT2D eigenvalue weighted by Crippen LogP contribution is 2.27. The van der Waals surface area contributed by atoms with Crippen molar-refractivity contribution in [3.8, 4) is 0 Å². The molecule has 0 radical (unpaired) electrons. The van der Waals surface area contributed by atoms with Gasteiger partial charge >= 0.3 is 0 Å². The fourth-order valence-electron chi connectivity index (χ4n) is 1.70. The van der Waals surface area contributed by atoms with Gasteiger partial charge in [-0.05, 0) is 30.7 Å². The second-order valence-electron chi connectivity index (χ2n) is 4.54. The van der Waals surface area contributed by atoms with E-state index in [1.165, 1.54) is 12.1 Å². The van der Waals surface area contributed by atoms with Crippen molar-refractivity contribution in [1.29, 1.82) is 0 Å². The smallest absolute Gasteiger partial charge is 0.153 e. The van der Waals surface area contributed by atoms with Crippen molar-refractivity contribution in [3.05, 3.63) is 34.8 Å². The minimum Gasteiger partial charge on any atom is -0.458 e. The van der Waals surface area contributed by atoms with E-state index in [0.717, 1.165) is 12.3 Å². The summed E-state index contributed by atoms with van der Waals surface area (Å²) in [6.07, 6.45) is 0. The molecule has 2 rings (SSSR count). The van der Waals surface area contributed by atoms with Gasteiger partial charge in [-0.15, -0.1) is 0 Å². The normalized spacial score (nSPS) is 11.6. The van der Waals surface area contributed by atoms with E-state index in [0.29, 0.717) is 28.5 Å². The Balaban J connectivity index is 2.17. The average molecular weight is 256 g/mol. The van der Waals surface area contributed by atoms with Gasteiger partial charge in [0.1, 0.15) is 11.6 Å². The number of hydrogen-bond donors (Lipinski definition) is 1. The van der Waals surface area contributed by atoms with E-state index < -0.39 is 0 Å². The van der Waals surface area contributed by atoms with Crippen LogP contribution in [0.3, 0.4) is 0 Å². The third kappa shape index (κ3) is 2.99. The molecule has 92 valence electrons. The topological polar surface area (TPSA) is 25.2 Å². The maximum atomic E-state index is 13.1. The Morgan fingerprint density at radius 3 is 2.82 bits per heavy atom. The largest absolute Gasteiger partial charge is 0.458 e. The highest BCUT2D eigenvalue weighted by atomic mass is 35.5. The third-order valence-electron chi connectivity index (χ3n) is 2.44. The molecule has 0 fully saturated rings. The van der Waals surface area contributed by atoms with Crippen LogP contribution in [-0.2, 0) is 6.54 Å². The molecule has 4 heteroatoms. The second kappa shape index (κ2) is 5.07. The molecular weight excluding hydrogens is 241 g/mol. The summed E-state index contributed by atoms with van der Waals surface area (Å²) in [5.74, 6) is 1.01. The summed E-state index contributed by atoms with van der Waals surface area (Å²) in [4.78, 5) is 0. The lowest BCUT2D eigenvalue weighted by Gasteiger charge is -2.04. The minimum absolute atomic E-state index is 0.315. The Labute approximate surface area is 105 Å². The van der Waals surface area contributed by atoms with Gasteiger partial charge in [0, 0.05) is 5.39 Å². The number of nitrogens with one attached hydrogen (secondary N) is 1. The maximum Gasteiger partial charge on any atom is 0.153 e. The zero-order valence-corrected chi connectivity index (χ0v) is 10.6. The fraction of sp³-hybridized carbons (Fsp3) is 0.385. The molecule has 1 N–H and O–H groups in total. The molecule has 0 unspecified atom stereocenters. The summed E-state index contributed by atoms with van der Waals surface area (Å²) in [6, 6.07) is 4.51. The first kappa shape index (κ1) is 12.4. The van der Waals surface area contributed by atoms with Crippen LogP contribution in [0, 0.1) is 11.7 Å². The van der Waals surface area contributed by atoms with E-state index >= 15 is 0 Å². The van der Waals surface area contributed by atoms with Crippen molar-refractivity contribution in [1.82, 2.24) is 5.32 Å². The van der Waals surface area contributed by atoms with Crippen LogP contribution in [-0.4, -0.2) is 6.54 Å². The van der Waals surface area contributed by atoms with Crippen LogP contribution in [0.5, 0.6) is 0 Å². The van der Waals surface area contributed by atoms with Gasteiger partial charge < -0.3 is 9.73 Å². The van der Waals surface area contributed by atoms with E-state index in [2.05, 4.69) is 19.2 Å². The van der Waals surface area contributed by atoms with Crippen molar-refractivity contribution < 1.29 is 8.81 Å². The number of benzene rings is 1. The van der Waals surface area contributed by atoms with Gasteiger partial charge in [-0.2, -0.15) is 0 Å². The molecule has 2 nitrogen and oxygen atoms in total. The first-order valence-corrected chi connectivity index (χ1v) is 6.02. The Bertz CT molecular complexity index is 521. The van der Waals surface area contributed by atoms with E-state index in [4.69, 9.17) is 16.0 Å². The molecule has 0 saturated carbocycles.